The minimum atomic E-state index is -0.353. The topological polar surface area (TPSA) is 85.2 Å². The van der Waals surface area contributed by atoms with Crippen molar-refractivity contribution < 1.29 is 9.59 Å². The molecule has 0 radical (unpaired) electrons. The van der Waals surface area contributed by atoms with Crippen LogP contribution in [0.3, 0.4) is 0 Å². The third-order valence-electron chi connectivity index (χ3n) is 5.01. The summed E-state index contributed by atoms with van der Waals surface area (Å²) < 4.78 is 0. The lowest BCUT2D eigenvalue weighted by molar-refractivity contribution is -0.130. The highest BCUT2D eigenvalue weighted by Crippen LogP contribution is 2.21. The number of hydrogen-bond donors (Lipinski definition) is 2. The number of amides is 2. The van der Waals surface area contributed by atoms with Crippen molar-refractivity contribution in [1.82, 2.24) is 15.5 Å². The highest BCUT2D eigenvalue weighted by molar-refractivity contribution is 5.81. The largest absolute Gasteiger partial charge is 0.353 e. The molecule has 0 aromatic heterocycles. The molecule has 2 aliphatic rings. The number of hydrogen-bond acceptors (Lipinski definition) is 4. The van der Waals surface area contributed by atoms with Gasteiger partial charge in [-0.2, -0.15) is 5.26 Å². The Morgan fingerprint density at radius 1 is 1.12 bits per heavy atom. The maximum Gasteiger partial charge on any atom is 0.237 e. The van der Waals surface area contributed by atoms with E-state index in [-0.39, 0.29) is 29.3 Å². The van der Waals surface area contributed by atoms with E-state index in [0.717, 1.165) is 38.5 Å². The summed E-state index contributed by atoms with van der Waals surface area (Å²) >= 11 is 0. The molecule has 2 amide bonds. The normalized spacial score (nSPS) is 27.6. The van der Waals surface area contributed by atoms with Crippen LogP contribution >= 0.6 is 0 Å². The van der Waals surface area contributed by atoms with Crippen LogP contribution in [0.5, 0.6) is 0 Å². The van der Waals surface area contributed by atoms with Gasteiger partial charge in [-0.1, -0.05) is 20.8 Å². The van der Waals surface area contributed by atoms with Gasteiger partial charge in [0.25, 0.3) is 0 Å². The average molecular weight is 334 g/mol. The summed E-state index contributed by atoms with van der Waals surface area (Å²) in [4.78, 5) is 26.0. The van der Waals surface area contributed by atoms with Gasteiger partial charge in [-0.05, 0) is 38.5 Å². The van der Waals surface area contributed by atoms with E-state index >= 15 is 0 Å². The molecule has 1 saturated carbocycles. The number of nitriles is 1. The summed E-state index contributed by atoms with van der Waals surface area (Å²) in [5.41, 5.74) is -0.353. The van der Waals surface area contributed by atoms with Crippen molar-refractivity contribution in [3.8, 4) is 6.07 Å². The van der Waals surface area contributed by atoms with Gasteiger partial charge in [0.1, 0.15) is 6.04 Å². The molecule has 0 bridgehead atoms. The van der Waals surface area contributed by atoms with Crippen LogP contribution in [-0.4, -0.2) is 47.9 Å². The highest BCUT2D eigenvalue weighted by atomic mass is 16.2. The van der Waals surface area contributed by atoms with E-state index in [1.165, 1.54) is 0 Å². The monoisotopic (exact) mass is 334 g/mol. The Labute approximate surface area is 145 Å². The van der Waals surface area contributed by atoms with Crippen molar-refractivity contribution in [2.45, 2.75) is 77.4 Å². The molecule has 6 heteroatoms. The third-order valence-corrected chi connectivity index (χ3v) is 5.01. The van der Waals surface area contributed by atoms with Crippen LogP contribution in [0.2, 0.25) is 0 Å². The molecule has 1 unspecified atom stereocenters. The number of rotatable bonds is 4. The Morgan fingerprint density at radius 3 is 2.33 bits per heavy atom. The van der Waals surface area contributed by atoms with Crippen LogP contribution in [0.25, 0.3) is 0 Å². The zero-order valence-corrected chi connectivity index (χ0v) is 15.1. The first-order valence-electron chi connectivity index (χ1n) is 9.04. The maximum atomic E-state index is 12.2. The van der Waals surface area contributed by atoms with Gasteiger partial charge in [0.05, 0.1) is 12.6 Å². The predicted octanol–water partition coefficient (Wildman–Crippen LogP) is 1.56. The fourth-order valence-electron chi connectivity index (χ4n) is 3.38. The Hall–Kier alpha value is -1.61. The first kappa shape index (κ1) is 18.7. The van der Waals surface area contributed by atoms with Crippen LogP contribution in [0.1, 0.15) is 59.3 Å². The lowest BCUT2D eigenvalue weighted by Gasteiger charge is -2.32. The van der Waals surface area contributed by atoms with Gasteiger partial charge in [-0.25, -0.2) is 0 Å². The molecule has 1 saturated heterocycles. The molecule has 2 rings (SSSR count). The molecule has 1 aliphatic heterocycles. The Bertz CT molecular complexity index is 498. The third kappa shape index (κ3) is 4.94. The second kappa shape index (κ2) is 7.98. The van der Waals surface area contributed by atoms with Crippen molar-refractivity contribution in [2.24, 2.45) is 5.41 Å². The van der Waals surface area contributed by atoms with Gasteiger partial charge in [-0.15, -0.1) is 0 Å². The van der Waals surface area contributed by atoms with Crippen molar-refractivity contribution in [3.63, 3.8) is 0 Å². The van der Waals surface area contributed by atoms with Gasteiger partial charge >= 0.3 is 0 Å². The Morgan fingerprint density at radius 2 is 1.75 bits per heavy atom. The molecule has 2 fully saturated rings. The molecule has 0 aromatic rings. The Kier molecular flexibility index (Phi) is 6.22. The standard InChI is InChI=1S/C18H30N4O2/c1-18(2,3)17(24)21-14-8-6-13(7-9-14)20-12-16(23)22-10-4-5-15(22)11-19/h13-15,20H,4-10,12H2,1-3H3,(H,21,24). The zero-order chi connectivity index (χ0) is 17.7. The van der Waals surface area contributed by atoms with E-state index in [2.05, 4.69) is 16.7 Å². The first-order chi connectivity index (χ1) is 11.3. The van der Waals surface area contributed by atoms with E-state index in [4.69, 9.17) is 5.26 Å². The number of likely N-dealkylation sites (tertiary alicyclic amines) is 1. The molecule has 0 aromatic carbocycles. The van der Waals surface area contributed by atoms with E-state index in [1.54, 1.807) is 4.90 Å². The zero-order valence-electron chi connectivity index (χ0n) is 15.1. The van der Waals surface area contributed by atoms with Crippen molar-refractivity contribution in [2.75, 3.05) is 13.1 Å². The lowest BCUT2D eigenvalue weighted by atomic mass is 9.89. The highest BCUT2D eigenvalue weighted by Gasteiger charge is 2.30. The molecule has 0 spiro atoms. The molecular weight excluding hydrogens is 304 g/mol. The van der Waals surface area contributed by atoms with Crippen molar-refractivity contribution in [1.29, 1.82) is 5.26 Å². The molecule has 1 atom stereocenters. The number of carbonyl (C=O) groups excluding carboxylic acids is 2. The van der Waals surface area contributed by atoms with Crippen LogP contribution in [0, 0.1) is 16.7 Å². The van der Waals surface area contributed by atoms with Crippen LogP contribution < -0.4 is 10.6 Å². The first-order valence-corrected chi connectivity index (χ1v) is 9.04. The quantitative estimate of drug-likeness (QED) is 0.817. The maximum absolute atomic E-state index is 12.2. The predicted molar refractivity (Wildman–Crippen MR) is 92.0 cm³/mol. The van der Waals surface area contributed by atoms with Crippen LogP contribution in [0.15, 0.2) is 0 Å². The lowest BCUT2D eigenvalue weighted by Crippen LogP contribution is -2.47. The van der Waals surface area contributed by atoms with E-state index in [0.29, 0.717) is 19.1 Å². The minimum absolute atomic E-state index is 0.0298. The Balaban J connectivity index is 1.69. The molecule has 1 aliphatic carbocycles. The van der Waals surface area contributed by atoms with Gasteiger partial charge in [0.2, 0.25) is 11.8 Å². The molecular formula is C18H30N4O2. The summed E-state index contributed by atoms with van der Waals surface area (Å²) in [7, 11) is 0. The SMILES string of the molecule is CC(C)(C)C(=O)NC1CCC(NCC(=O)N2CCCC2C#N)CC1. The van der Waals surface area contributed by atoms with Gasteiger partial charge < -0.3 is 15.5 Å². The van der Waals surface area contributed by atoms with E-state index in [1.807, 2.05) is 20.8 Å². The molecule has 2 N–H and O–H groups in total. The summed E-state index contributed by atoms with van der Waals surface area (Å²) in [5.74, 6) is 0.132. The van der Waals surface area contributed by atoms with Crippen molar-refractivity contribution >= 4 is 11.8 Å². The fourth-order valence-corrected chi connectivity index (χ4v) is 3.38. The second-order valence-corrected chi connectivity index (χ2v) is 8.03. The summed E-state index contributed by atoms with van der Waals surface area (Å²) in [6.45, 7) is 6.78. The summed E-state index contributed by atoms with van der Waals surface area (Å²) in [5, 5.41) is 15.5. The summed E-state index contributed by atoms with van der Waals surface area (Å²) in [6.07, 6.45) is 5.52. The molecule has 1 heterocycles. The van der Waals surface area contributed by atoms with Crippen molar-refractivity contribution in [3.05, 3.63) is 0 Å². The second-order valence-electron chi connectivity index (χ2n) is 8.03. The van der Waals surface area contributed by atoms with Crippen LogP contribution in [0.4, 0.5) is 0 Å². The molecule has 24 heavy (non-hydrogen) atoms. The fraction of sp³-hybridized carbons (Fsp3) is 0.833. The van der Waals surface area contributed by atoms with E-state index < -0.39 is 0 Å². The number of carbonyl (C=O) groups is 2. The van der Waals surface area contributed by atoms with Crippen LogP contribution in [-0.2, 0) is 9.59 Å². The molecule has 134 valence electrons. The number of nitrogens with one attached hydrogen (secondary N) is 2. The van der Waals surface area contributed by atoms with Gasteiger partial charge in [-0.3, -0.25) is 9.59 Å². The number of nitrogens with zero attached hydrogens (tertiary/aromatic N) is 2. The summed E-state index contributed by atoms with van der Waals surface area (Å²) in [6, 6.07) is 2.52. The van der Waals surface area contributed by atoms with Gasteiger partial charge in [0.15, 0.2) is 0 Å². The average Bonchev–Trinajstić information content (AvgIpc) is 3.01. The smallest absolute Gasteiger partial charge is 0.237 e. The minimum Gasteiger partial charge on any atom is -0.353 e. The molecule has 6 nitrogen and oxygen atoms in total. The van der Waals surface area contributed by atoms with E-state index in [9.17, 15) is 9.59 Å². The van der Waals surface area contributed by atoms with Gasteiger partial charge in [0, 0.05) is 24.0 Å².